The first kappa shape index (κ1) is 23.1. The molecular weight excluding hydrogens is 466 g/mol. The third-order valence-corrected chi connectivity index (χ3v) is 6.97. The molecule has 3 aromatic carbocycles. The summed E-state index contributed by atoms with van der Waals surface area (Å²) in [5, 5.41) is 6.65. The number of methoxy groups -OCH3 is 1. The first-order chi connectivity index (χ1) is 16.7. The quantitative estimate of drug-likeness (QED) is 0.498. The number of nitrogens with one attached hydrogen (secondary N) is 2. The fourth-order valence-electron chi connectivity index (χ4n) is 5.07. The van der Waals surface area contributed by atoms with Crippen molar-refractivity contribution in [2.45, 2.75) is 32.5 Å². The molecule has 0 unspecified atom stereocenters. The number of carbonyl (C=O) groups excluding carboxylic acids is 2. The Bertz CT molecular complexity index is 1330. The number of hydrogen-bond acceptors (Lipinski definition) is 4. The fraction of sp³-hybridized carbons (Fsp3) is 0.259. The van der Waals surface area contributed by atoms with Crippen LogP contribution in [0.15, 0.2) is 60.7 Å². The van der Waals surface area contributed by atoms with E-state index < -0.39 is 17.7 Å². The van der Waals surface area contributed by atoms with Gasteiger partial charge in [0.05, 0.1) is 13.2 Å². The monoisotopic (exact) mass is 491 g/mol. The van der Waals surface area contributed by atoms with Gasteiger partial charge in [-0.25, -0.2) is 4.79 Å². The van der Waals surface area contributed by atoms with E-state index in [1.807, 2.05) is 44.2 Å². The highest BCUT2D eigenvalue weighted by Crippen LogP contribution is 2.52. The van der Waals surface area contributed by atoms with Crippen molar-refractivity contribution < 1.29 is 19.1 Å². The average molecular weight is 492 g/mol. The molecule has 3 atom stereocenters. The summed E-state index contributed by atoms with van der Waals surface area (Å²) in [6, 6.07) is 17.2. The van der Waals surface area contributed by atoms with Crippen molar-refractivity contribution in [2.24, 2.45) is 5.92 Å². The number of fused-ring (bicyclic) bond motifs is 4. The number of anilines is 2. The van der Waals surface area contributed by atoms with Crippen molar-refractivity contribution in [3.8, 4) is 11.5 Å². The van der Waals surface area contributed by atoms with Gasteiger partial charge in [-0.15, -0.1) is 0 Å². The predicted octanol–water partition coefficient (Wildman–Crippen LogP) is 5.60. The van der Waals surface area contributed by atoms with Crippen molar-refractivity contribution in [1.82, 2.24) is 5.32 Å². The van der Waals surface area contributed by atoms with E-state index in [1.165, 1.54) is 4.90 Å². The zero-order valence-electron chi connectivity index (χ0n) is 19.9. The van der Waals surface area contributed by atoms with Crippen LogP contribution in [0.25, 0.3) is 0 Å². The number of hydrogen-bond donors (Lipinski definition) is 2. The largest absolute Gasteiger partial charge is 0.493 e. The van der Waals surface area contributed by atoms with E-state index in [0.29, 0.717) is 33.5 Å². The second-order valence-corrected chi connectivity index (χ2v) is 9.50. The third-order valence-electron chi connectivity index (χ3n) is 6.72. The van der Waals surface area contributed by atoms with Crippen LogP contribution in [0.2, 0.25) is 5.02 Å². The Labute approximate surface area is 209 Å². The smallest absolute Gasteiger partial charge is 0.325 e. The molecule has 180 valence electrons. The highest BCUT2D eigenvalue weighted by Gasteiger charge is 2.60. The highest BCUT2D eigenvalue weighted by molar-refractivity contribution is 6.30. The van der Waals surface area contributed by atoms with E-state index in [9.17, 15) is 9.59 Å². The summed E-state index contributed by atoms with van der Waals surface area (Å²) in [5.41, 5.74) is 2.65. The van der Waals surface area contributed by atoms with Crippen LogP contribution in [0.5, 0.6) is 11.5 Å². The molecular formula is C27H26ClN3O4. The fourth-order valence-corrected chi connectivity index (χ4v) is 5.20. The molecule has 8 heteroatoms. The Morgan fingerprint density at radius 3 is 2.57 bits per heavy atom. The molecule has 2 bridgehead atoms. The van der Waals surface area contributed by atoms with Gasteiger partial charge in [0.1, 0.15) is 5.92 Å². The SMILES string of the molecule is COc1cccc2c1O[C@]1(C)[C@H](C(=O)Nc3ccc(C)cc3C)[C@@H]2NC(=O)N1c1ccc(Cl)cc1. The minimum atomic E-state index is -1.36. The van der Waals surface area contributed by atoms with Crippen molar-refractivity contribution in [1.29, 1.82) is 0 Å². The van der Waals surface area contributed by atoms with Crippen LogP contribution in [0.4, 0.5) is 16.2 Å². The zero-order chi connectivity index (χ0) is 24.9. The molecule has 0 aromatic heterocycles. The Kier molecular flexibility index (Phi) is 5.60. The molecule has 7 nitrogen and oxygen atoms in total. The van der Waals surface area contributed by atoms with Gasteiger partial charge in [-0.2, -0.15) is 0 Å². The number of nitrogens with zero attached hydrogens (tertiary/aromatic N) is 1. The lowest BCUT2D eigenvalue weighted by molar-refractivity contribution is -0.131. The maximum absolute atomic E-state index is 13.9. The lowest BCUT2D eigenvalue weighted by Gasteiger charge is -2.54. The van der Waals surface area contributed by atoms with Crippen molar-refractivity contribution >= 4 is 34.9 Å². The van der Waals surface area contributed by atoms with Gasteiger partial charge in [-0.1, -0.05) is 41.4 Å². The molecule has 2 heterocycles. The van der Waals surface area contributed by atoms with Gasteiger partial charge in [0, 0.05) is 22.0 Å². The zero-order valence-corrected chi connectivity index (χ0v) is 20.6. The van der Waals surface area contributed by atoms with E-state index >= 15 is 0 Å². The number of carbonyl (C=O) groups is 2. The lowest BCUT2D eigenvalue weighted by Crippen LogP contribution is -2.72. The van der Waals surface area contributed by atoms with Gasteiger partial charge in [0.2, 0.25) is 11.6 Å². The Morgan fingerprint density at radius 1 is 1.14 bits per heavy atom. The molecule has 5 rings (SSSR count). The average Bonchev–Trinajstić information content (AvgIpc) is 2.81. The number of halogens is 1. The Hall–Kier alpha value is -3.71. The van der Waals surface area contributed by atoms with Crippen LogP contribution < -0.4 is 25.0 Å². The second-order valence-electron chi connectivity index (χ2n) is 9.06. The summed E-state index contributed by atoms with van der Waals surface area (Å²) in [4.78, 5) is 28.8. The maximum atomic E-state index is 13.9. The summed E-state index contributed by atoms with van der Waals surface area (Å²) >= 11 is 6.10. The Balaban J connectivity index is 1.64. The van der Waals surface area contributed by atoms with Crippen molar-refractivity contribution in [2.75, 3.05) is 17.3 Å². The van der Waals surface area contributed by atoms with Crippen LogP contribution in [-0.4, -0.2) is 24.8 Å². The first-order valence-corrected chi connectivity index (χ1v) is 11.7. The molecule has 1 fully saturated rings. The van der Waals surface area contributed by atoms with Crippen LogP contribution in [-0.2, 0) is 4.79 Å². The molecule has 0 spiro atoms. The number of benzene rings is 3. The van der Waals surface area contributed by atoms with Gasteiger partial charge in [0.15, 0.2) is 11.5 Å². The summed E-state index contributed by atoms with van der Waals surface area (Å²) in [6.45, 7) is 5.71. The van der Waals surface area contributed by atoms with Crippen LogP contribution in [0.3, 0.4) is 0 Å². The standard InChI is InChI=1S/C27H26ClN3O4/c1-15-8-13-20(16(2)14-15)29-25(32)22-23-19-6-5-7-21(34-4)24(19)35-27(22,3)31(26(33)30-23)18-11-9-17(28)10-12-18/h5-14,22-23H,1-4H3,(H,29,32)(H,30,33)/t22-,23+,27+/m0/s1. The molecule has 35 heavy (non-hydrogen) atoms. The first-order valence-electron chi connectivity index (χ1n) is 11.3. The Morgan fingerprint density at radius 2 is 1.89 bits per heavy atom. The summed E-state index contributed by atoms with van der Waals surface area (Å²) in [7, 11) is 1.56. The van der Waals surface area contributed by atoms with E-state index in [4.69, 9.17) is 21.1 Å². The molecule has 2 N–H and O–H groups in total. The summed E-state index contributed by atoms with van der Waals surface area (Å²) in [5.74, 6) is -0.0238. The van der Waals surface area contributed by atoms with Crippen LogP contribution in [0.1, 0.15) is 29.7 Å². The van der Waals surface area contributed by atoms with Crippen LogP contribution in [0, 0.1) is 19.8 Å². The third kappa shape index (κ3) is 3.76. The van der Waals surface area contributed by atoms with Gasteiger partial charge in [-0.05, 0) is 62.7 Å². The molecule has 3 aromatic rings. The van der Waals surface area contributed by atoms with Gasteiger partial charge < -0.3 is 20.1 Å². The normalized spacial score (nSPS) is 22.5. The van der Waals surface area contributed by atoms with E-state index in [-0.39, 0.29) is 11.9 Å². The summed E-state index contributed by atoms with van der Waals surface area (Å²) in [6.07, 6.45) is 0. The summed E-state index contributed by atoms with van der Waals surface area (Å²) < 4.78 is 12.1. The number of amides is 3. The molecule has 3 amide bonds. The van der Waals surface area contributed by atoms with E-state index in [0.717, 1.165) is 11.1 Å². The van der Waals surface area contributed by atoms with E-state index in [1.54, 1.807) is 44.4 Å². The molecule has 0 saturated carbocycles. The number of ether oxygens (including phenoxy) is 2. The van der Waals surface area contributed by atoms with Gasteiger partial charge >= 0.3 is 6.03 Å². The predicted molar refractivity (Wildman–Crippen MR) is 135 cm³/mol. The number of urea groups is 1. The molecule has 0 radical (unpaired) electrons. The molecule has 2 aliphatic rings. The molecule has 2 aliphatic heterocycles. The van der Waals surface area contributed by atoms with Crippen molar-refractivity contribution in [3.05, 3.63) is 82.4 Å². The topological polar surface area (TPSA) is 79.9 Å². The minimum Gasteiger partial charge on any atom is -0.493 e. The number of rotatable bonds is 4. The lowest BCUT2D eigenvalue weighted by atomic mass is 9.78. The number of para-hydroxylation sites is 1. The van der Waals surface area contributed by atoms with Gasteiger partial charge in [0.25, 0.3) is 0 Å². The molecule has 0 aliphatic carbocycles. The van der Waals surface area contributed by atoms with Gasteiger partial charge in [-0.3, -0.25) is 9.69 Å². The minimum absolute atomic E-state index is 0.267. The number of aryl methyl sites for hydroxylation is 2. The van der Waals surface area contributed by atoms with E-state index in [2.05, 4.69) is 10.6 Å². The molecule has 1 saturated heterocycles. The second kappa shape index (κ2) is 8.50. The highest BCUT2D eigenvalue weighted by atomic mass is 35.5. The van der Waals surface area contributed by atoms with Crippen molar-refractivity contribution in [3.63, 3.8) is 0 Å². The maximum Gasteiger partial charge on any atom is 0.325 e. The van der Waals surface area contributed by atoms with Crippen LogP contribution >= 0.6 is 11.6 Å².